The van der Waals surface area contributed by atoms with E-state index in [9.17, 15) is 19.2 Å². The molecule has 7 nitrogen and oxygen atoms in total. The van der Waals surface area contributed by atoms with Gasteiger partial charge in [-0.2, -0.15) is 0 Å². The number of nitrogens with zero attached hydrogens (tertiary/aromatic N) is 1. The van der Waals surface area contributed by atoms with E-state index in [0.717, 1.165) is 21.2 Å². The van der Waals surface area contributed by atoms with Crippen LogP contribution in [0.1, 0.15) is 36.6 Å². The van der Waals surface area contributed by atoms with Gasteiger partial charge in [-0.05, 0) is 59.7 Å². The van der Waals surface area contributed by atoms with Gasteiger partial charge in [0.25, 0.3) is 17.7 Å². The van der Waals surface area contributed by atoms with Crippen LogP contribution in [-0.4, -0.2) is 30.3 Å². The van der Waals surface area contributed by atoms with E-state index in [-0.39, 0.29) is 16.7 Å². The maximum absolute atomic E-state index is 13.0. The number of rotatable bonds is 5. The number of anilines is 2. The predicted octanol–water partition coefficient (Wildman–Crippen LogP) is 4.74. The second kappa shape index (κ2) is 8.87. The van der Waals surface area contributed by atoms with Gasteiger partial charge in [-0.15, -0.1) is 0 Å². The van der Waals surface area contributed by atoms with Gasteiger partial charge in [0.15, 0.2) is 6.61 Å². The van der Waals surface area contributed by atoms with Crippen LogP contribution < -0.4 is 10.2 Å². The predicted molar refractivity (Wildman–Crippen MR) is 132 cm³/mol. The molecule has 0 aliphatic carbocycles. The fourth-order valence-electron chi connectivity index (χ4n) is 4.08. The number of carbonyl (C=O) groups excluding carboxylic acids is 4. The Morgan fingerprint density at radius 2 is 1.51 bits per heavy atom. The fraction of sp³-hybridized carbons (Fsp3) is 0.0714. The average molecular weight is 464 g/mol. The highest BCUT2D eigenvalue weighted by atomic mass is 16.5. The molecule has 3 amide bonds. The number of hydrogen-bond acceptors (Lipinski definition) is 5. The van der Waals surface area contributed by atoms with Crippen LogP contribution in [-0.2, 0) is 9.53 Å². The normalized spacial score (nSPS) is 12.5. The summed E-state index contributed by atoms with van der Waals surface area (Å²) in [5, 5.41) is 4.72. The molecule has 0 saturated heterocycles. The molecular formula is C28H20N2O5. The molecule has 1 N–H and O–H groups in total. The Balaban J connectivity index is 1.26. The molecule has 172 valence electrons. The lowest BCUT2D eigenvalue weighted by molar-refractivity contribution is -0.119. The molecule has 35 heavy (non-hydrogen) atoms. The molecular weight excluding hydrogens is 444 g/mol. The van der Waals surface area contributed by atoms with Crippen molar-refractivity contribution in [2.75, 3.05) is 16.8 Å². The lowest BCUT2D eigenvalue weighted by Crippen LogP contribution is -2.29. The lowest BCUT2D eigenvalue weighted by Gasteiger charge is -2.16. The zero-order chi connectivity index (χ0) is 24.5. The molecule has 0 saturated carbocycles. The Kier molecular flexibility index (Phi) is 5.58. The van der Waals surface area contributed by atoms with Crippen molar-refractivity contribution in [3.63, 3.8) is 0 Å². The number of amides is 3. The van der Waals surface area contributed by atoms with Gasteiger partial charge in [0.05, 0.1) is 22.4 Å². The van der Waals surface area contributed by atoms with E-state index < -0.39 is 30.3 Å². The van der Waals surface area contributed by atoms with Crippen molar-refractivity contribution in [2.24, 2.45) is 0 Å². The van der Waals surface area contributed by atoms with Gasteiger partial charge in [0.1, 0.15) is 0 Å². The molecule has 5 rings (SSSR count). The highest BCUT2D eigenvalue weighted by molar-refractivity contribution is 6.35. The summed E-state index contributed by atoms with van der Waals surface area (Å²) >= 11 is 0. The summed E-state index contributed by atoms with van der Waals surface area (Å²) in [6.07, 6.45) is 0. The van der Waals surface area contributed by atoms with E-state index in [4.69, 9.17) is 4.74 Å². The minimum atomic E-state index is -0.768. The van der Waals surface area contributed by atoms with Crippen LogP contribution in [0.5, 0.6) is 0 Å². The maximum atomic E-state index is 13.0. The first-order valence-electron chi connectivity index (χ1n) is 11.0. The van der Waals surface area contributed by atoms with Crippen molar-refractivity contribution in [3.8, 4) is 0 Å². The number of benzene rings is 4. The molecule has 0 radical (unpaired) electrons. The summed E-state index contributed by atoms with van der Waals surface area (Å²) in [6.45, 7) is 1.32. The molecule has 0 atom stereocenters. The summed E-state index contributed by atoms with van der Waals surface area (Å²) in [4.78, 5) is 51.8. The molecule has 0 unspecified atom stereocenters. The van der Waals surface area contributed by atoms with Crippen molar-refractivity contribution in [1.29, 1.82) is 0 Å². The highest BCUT2D eigenvalue weighted by Crippen LogP contribution is 2.31. The molecule has 1 aliphatic rings. The van der Waals surface area contributed by atoms with Crippen LogP contribution in [0.4, 0.5) is 11.4 Å². The standard InChI is InChI=1S/C28H20N2O5/c1-17-6-2-5-9-24(17)30-26(32)22-13-11-20(15-23(22)27(30)33)28(34)35-16-25(31)29-21-12-10-18-7-3-4-8-19(18)14-21/h2-15H,16H2,1H3,(H,29,31). The first kappa shape index (κ1) is 22.0. The maximum Gasteiger partial charge on any atom is 0.338 e. The molecule has 1 aliphatic heterocycles. The van der Waals surface area contributed by atoms with Crippen LogP contribution in [0.3, 0.4) is 0 Å². The number of fused-ring (bicyclic) bond motifs is 2. The minimum Gasteiger partial charge on any atom is -0.452 e. The molecule has 4 aromatic carbocycles. The minimum absolute atomic E-state index is 0.0787. The second-order valence-electron chi connectivity index (χ2n) is 8.18. The third-order valence-electron chi connectivity index (χ3n) is 5.85. The largest absolute Gasteiger partial charge is 0.452 e. The quantitative estimate of drug-likeness (QED) is 0.340. The number of para-hydroxylation sites is 1. The van der Waals surface area contributed by atoms with Gasteiger partial charge < -0.3 is 10.1 Å². The number of nitrogens with one attached hydrogen (secondary N) is 1. The molecule has 0 aromatic heterocycles. The molecule has 0 spiro atoms. The second-order valence-corrected chi connectivity index (χ2v) is 8.18. The van der Waals surface area contributed by atoms with Crippen LogP contribution in [0.2, 0.25) is 0 Å². The third kappa shape index (κ3) is 4.15. The Morgan fingerprint density at radius 3 is 2.31 bits per heavy atom. The summed E-state index contributed by atoms with van der Waals surface area (Å²) in [7, 11) is 0. The molecule has 4 aromatic rings. The summed E-state index contributed by atoms with van der Waals surface area (Å²) in [6, 6.07) is 24.5. The van der Waals surface area contributed by atoms with E-state index >= 15 is 0 Å². The summed E-state index contributed by atoms with van der Waals surface area (Å²) < 4.78 is 5.14. The van der Waals surface area contributed by atoms with E-state index in [1.54, 1.807) is 18.2 Å². The Bertz CT molecular complexity index is 1530. The molecule has 1 heterocycles. The third-order valence-corrected chi connectivity index (χ3v) is 5.85. The van der Waals surface area contributed by atoms with Gasteiger partial charge in [0.2, 0.25) is 0 Å². The summed E-state index contributed by atoms with van der Waals surface area (Å²) in [5.41, 5.74) is 2.27. The number of esters is 1. The number of aryl methyl sites for hydroxylation is 1. The van der Waals surface area contributed by atoms with Gasteiger partial charge in [-0.1, -0.05) is 48.5 Å². The number of imide groups is 1. The number of hydrogen-bond donors (Lipinski definition) is 1. The lowest BCUT2D eigenvalue weighted by atomic mass is 10.1. The zero-order valence-electron chi connectivity index (χ0n) is 18.8. The van der Waals surface area contributed by atoms with E-state index in [2.05, 4.69) is 5.32 Å². The first-order chi connectivity index (χ1) is 16.9. The average Bonchev–Trinajstić information content (AvgIpc) is 3.12. The van der Waals surface area contributed by atoms with E-state index in [1.807, 2.05) is 55.5 Å². The first-order valence-corrected chi connectivity index (χ1v) is 11.0. The van der Waals surface area contributed by atoms with Crippen LogP contribution in [0, 0.1) is 6.92 Å². The topological polar surface area (TPSA) is 92.8 Å². The van der Waals surface area contributed by atoms with Crippen molar-refractivity contribution in [1.82, 2.24) is 0 Å². The van der Waals surface area contributed by atoms with Crippen molar-refractivity contribution in [2.45, 2.75) is 6.92 Å². The van der Waals surface area contributed by atoms with Gasteiger partial charge in [0, 0.05) is 5.69 Å². The van der Waals surface area contributed by atoms with Gasteiger partial charge >= 0.3 is 5.97 Å². The van der Waals surface area contributed by atoms with Crippen molar-refractivity contribution >= 4 is 45.8 Å². The van der Waals surface area contributed by atoms with Crippen molar-refractivity contribution in [3.05, 3.63) is 107 Å². The Morgan fingerprint density at radius 1 is 0.800 bits per heavy atom. The Hall–Kier alpha value is -4.78. The monoisotopic (exact) mass is 464 g/mol. The smallest absolute Gasteiger partial charge is 0.338 e. The zero-order valence-corrected chi connectivity index (χ0v) is 18.8. The van der Waals surface area contributed by atoms with E-state index in [0.29, 0.717) is 11.4 Å². The fourth-order valence-corrected chi connectivity index (χ4v) is 4.08. The molecule has 0 fully saturated rings. The molecule has 7 heteroatoms. The van der Waals surface area contributed by atoms with Crippen LogP contribution >= 0.6 is 0 Å². The highest BCUT2D eigenvalue weighted by Gasteiger charge is 2.37. The van der Waals surface area contributed by atoms with Gasteiger partial charge in [-0.3, -0.25) is 14.4 Å². The summed E-state index contributed by atoms with van der Waals surface area (Å²) in [5.74, 6) is -2.22. The van der Waals surface area contributed by atoms with Gasteiger partial charge in [-0.25, -0.2) is 9.69 Å². The Labute approximate surface area is 200 Å². The van der Waals surface area contributed by atoms with E-state index in [1.165, 1.54) is 18.2 Å². The van der Waals surface area contributed by atoms with Crippen LogP contribution in [0.15, 0.2) is 84.9 Å². The van der Waals surface area contributed by atoms with Crippen LogP contribution in [0.25, 0.3) is 10.8 Å². The van der Waals surface area contributed by atoms with Crippen molar-refractivity contribution < 1.29 is 23.9 Å². The number of ether oxygens (including phenoxy) is 1. The number of carbonyl (C=O) groups is 4. The molecule has 0 bridgehead atoms. The SMILES string of the molecule is Cc1ccccc1N1C(=O)c2ccc(C(=O)OCC(=O)Nc3ccc4ccccc4c3)cc2C1=O.